The van der Waals surface area contributed by atoms with Gasteiger partial charge in [0.1, 0.15) is 9.87 Å². The molecule has 0 bridgehead atoms. The zero-order chi connectivity index (χ0) is 11.7. The molecule has 7 heteroatoms. The lowest BCUT2D eigenvalue weighted by Crippen LogP contribution is -2.30. The average molecular weight is 340 g/mol. The molecule has 1 aliphatic heterocycles. The second-order valence-electron chi connectivity index (χ2n) is 3.52. The summed E-state index contributed by atoms with van der Waals surface area (Å²) in [6, 6.07) is 1.60. The Hall–Kier alpha value is -0.540. The molecular formula is C9H10FIN2O3. The van der Waals surface area contributed by atoms with E-state index < -0.39 is 24.2 Å². The summed E-state index contributed by atoms with van der Waals surface area (Å²) in [7, 11) is 0. The first kappa shape index (κ1) is 11.9. The van der Waals surface area contributed by atoms with Crippen molar-refractivity contribution >= 4 is 22.6 Å². The SMILES string of the molecule is O=c1nc(I)ccn1[C@@H]1O[C@H](CO)C[C@@H]1F. The minimum absolute atomic E-state index is 0.0968. The van der Waals surface area contributed by atoms with E-state index in [0.29, 0.717) is 3.70 Å². The lowest BCUT2D eigenvalue weighted by atomic mass is 10.2. The molecule has 1 saturated heterocycles. The third kappa shape index (κ3) is 2.25. The number of aliphatic hydroxyl groups is 1. The number of aromatic nitrogens is 2. The molecule has 1 aromatic heterocycles. The van der Waals surface area contributed by atoms with Crippen molar-refractivity contribution in [1.82, 2.24) is 9.55 Å². The molecule has 2 rings (SSSR count). The van der Waals surface area contributed by atoms with E-state index in [2.05, 4.69) is 4.98 Å². The van der Waals surface area contributed by atoms with E-state index in [9.17, 15) is 9.18 Å². The Morgan fingerprint density at radius 2 is 2.50 bits per heavy atom. The highest BCUT2D eigenvalue weighted by Gasteiger charge is 2.36. The van der Waals surface area contributed by atoms with Crippen molar-refractivity contribution in [3.8, 4) is 0 Å². The first-order valence-electron chi connectivity index (χ1n) is 4.77. The summed E-state index contributed by atoms with van der Waals surface area (Å²) in [5.74, 6) is 0. The normalized spacial score (nSPS) is 29.6. The zero-order valence-electron chi connectivity index (χ0n) is 8.22. The van der Waals surface area contributed by atoms with Crippen molar-refractivity contribution in [1.29, 1.82) is 0 Å². The van der Waals surface area contributed by atoms with Crippen LogP contribution in [0.15, 0.2) is 17.1 Å². The van der Waals surface area contributed by atoms with Gasteiger partial charge >= 0.3 is 5.69 Å². The third-order valence-corrected chi connectivity index (χ3v) is 3.00. The highest BCUT2D eigenvalue weighted by atomic mass is 127. The third-order valence-electron chi connectivity index (χ3n) is 2.40. The van der Waals surface area contributed by atoms with Gasteiger partial charge in [0.2, 0.25) is 0 Å². The van der Waals surface area contributed by atoms with Crippen LogP contribution < -0.4 is 5.69 Å². The molecule has 0 radical (unpaired) electrons. The average Bonchev–Trinajstić information content (AvgIpc) is 2.60. The van der Waals surface area contributed by atoms with Crippen LogP contribution in [0.25, 0.3) is 0 Å². The van der Waals surface area contributed by atoms with Crippen LogP contribution in [0.3, 0.4) is 0 Å². The predicted molar refractivity (Wildman–Crippen MR) is 61.7 cm³/mol. The van der Waals surface area contributed by atoms with Crippen LogP contribution in [0.4, 0.5) is 4.39 Å². The fourth-order valence-electron chi connectivity index (χ4n) is 1.65. The van der Waals surface area contributed by atoms with Crippen LogP contribution in [0.5, 0.6) is 0 Å². The van der Waals surface area contributed by atoms with Crippen molar-refractivity contribution in [2.24, 2.45) is 0 Å². The molecule has 1 N–H and O–H groups in total. The van der Waals surface area contributed by atoms with Gasteiger partial charge in [-0.3, -0.25) is 4.57 Å². The molecule has 0 amide bonds. The molecule has 0 unspecified atom stereocenters. The van der Waals surface area contributed by atoms with Gasteiger partial charge < -0.3 is 9.84 Å². The first-order chi connectivity index (χ1) is 7.61. The Kier molecular flexibility index (Phi) is 3.55. The fourth-order valence-corrected chi connectivity index (χ4v) is 2.02. The highest BCUT2D eigenvalue weighted by Crippen LogP contribution is 2.29. The van der Waals surface area contributed by atoms with Gasteiger partial charge in [0, 0.05) is 12.6 Å². The fraction of sp³-hybridized carbons (Fsp3) is 0.556. The molecule has 3 atom stereocenters. The number of aliphatic hydroxyl groups excluding tert-OH is 1. The molecule has 0 aliphatic carbocycles. The summed E-state index contributed by atoms with van der Waals surface area (Å²) in [4.78, 5) is 15.2. The van der Waals surface area contributed by atoms with E-state index in [-0.39, 0.29) is 13.0 Å². The van der Waals surface area contributed by atoms with E-state index in [0.717, 1.165) is 4.57 Å². The highest BCUT2D eigenvalue weighted by molar-refractivity contribution is 14.1. The van der Waals surface area contributed by atoms with E-state index in [1.54, 1.807) is 6.07 Å². The molecule has 0 aromatic carbocycles. The van der Waals surface area contributed by atoms with Gasteiger partial charge in [-0.15, -0.1) is 0 Å². The zero-order valence-corrected chi connectivity index (χ0v) is 10.4. The molecule has 0 saturated carbocycles. The Morgan fingerprint density at radius 3 is 3.06 bits per heavy atom. The lowest BCUT2D eigenvalue weighted by Gasteiger charge is -2.15. The van der Waals surface area contributed by atoms with Gasteiger partial charge in [-0.05, 0) is 28.7 Å². The van der Waals surface area contributed by atoms with Gasteiger partial charge in [0.05, 0.1) is 12.7 Å². The molecule has 88 valence electrons. The number of rotatable bonds is 2. The van der Waals surface area contributed by atoms with Crippen LogP contribution in [-0.4, -0.2) is 33.5 Å². The number of halogens is 2. The maximum absolute atomic E-state index is 13.6. The molecule has 5 nitrogen and oxygen atoms in total. The van der Waals surface area contributed by atoms with E-state index in [1.165, 1.54) is 6.20 Å². The van der Waals surface area contributed by atoms with Gasteiger partial charge in [0.25, 0.3) is 0 Å². The number of hydrogen-bond donors (Lipinski definition) is 1. The Morgan fingerprint density at radius 1 is 1.75 bits per heavy atom. The van der Waals surface area contributed by atoms with Crippen LogP contribution in [0.2, 0.25) is 0 Å². The topological polar surface area (TPSA) is 64.4 Å². The smallest absolute Gasteiger partial charge is 0.350 e. The van der Waals surface area contributed by atoms with Crippen molar-refractivity contribution in [3.63, 3.8) is 0 Å². The minimum Gasteiger partial charge on any atom is -0.394 e. The summed E-state index contributed by atoms with van der Waals surface area (Å²) < 4.78 is 20.5. The number of nitrogens with zero attached hydrogens (tertiary/aromatic N) is 2. The van der Waals surface area contributed by atoms with Gasteiger partial charge in [-0.1, -0.05) is 0 Å². The Labute approximate surface area is 104 Å². The predicted octanol–water partition coefficient (Wildman–Crippen LogP) is 0.466. The summed E-state index contributed by atoms with van der Waals surface area (Å²) in [5.41, 5.74) is -0.543. The maximum atomic E-state index is 13.6. The van der Waals surface area contributed by atoms with Crippen molar-refractivity contribution in [3.05, 3.63) is 26.4 Å². The van der Waals surface area contributed by atoms with Crippen LogP contribution in [0, 0.1) is 3.70 Å². The van der Waals surface area contributed by atoms with E-state index in [1.807, 2.05) is 22.6 Å². The van der Waals surface area contributed by atoms with Gasteiger partial charge in [-0.25, -0.2) is 9.18 Å². The summed E-state index contributed by atoms with van der Waals surface area (Å²) in [6.45, 7) is -0.247. The van der Waals surface area contributed by atoms with Crippen LogP contribution in [-0.2, 0) is 4.74 Å². The van der Waals surface area contributed by atoms with Crippen molar-refractivity contribution < 1.29 is 14.2 Å². The Balaban J connectivity index is 2.28. The van der Waals surface area contributed by atoms with Crippen molar-refractivity contribution in [2.75, 3.05) is 6.61 Å². The van der Waals surface area contributed by atoms with Gasteiger partial charge in [-0.2, -0.15) is 4.98 Å². The molecular weight excluding hydrogens is 330 g/mol. The summed E-state index contributed by atoms with van der Waals surface area (Å²) in [5, 5.41) is 8.87. The lowest BCUT2D eigenvalue weighted by molar-refractivity contribution is -0.0394. The first-order valence-corrected chi connectivity index (χ1v) is 5.85. The number of alkyl halides is 1. The largest absolute Gasteiger partial charge is 0.394 e. The molecule has 16 heavy (non-hydrogen) atoms. The van der Waals surface area contributed by atoms with E-state index in [4.69, 9.17) is 9.84 Å². The molecule has 0 spiro atoms. The van der Waals surface area contributed by atoms with Crippen LogP contribution in [0.1, 0.15) is 12.6 Å². The Bertz CT molecular complexity index is 439. The standard InChI is InChI=1S/C9H10FIN2O3/c10-6-3-5(4-14)16-8(6)13-2-1-7(11)12-9(13)15/h1-2,5-6,8,14H,3-4H2/t5-,6-,8+/m0/s1. The van der Waals surface area contributed by atoms with Crippen LogP contribution >= 0.6 is 22.6 Å². The molecule has 1 aliphatic rings. The quantitative estimate of drug-likeness (QED) is 0.628. The second-order valence-corrected chi connectivity index (χ2v) is 4.63. The molecule has 2 heterocycles. The van der Waals surface area contributed by atoms with E-state index >= 15 is 0 Å². The summed E-state index contributed by atoms with van der Waals surface area (Å²) in [6.07, 6.45) is -1.27. The molecule has 1 fully saturated rings. The minimum atomic E-state index is -1.29. The number of ether oxygens (including phenoxy) is 1. The molecule has 1 aromatic rings. The second kappa shape index (κ2) is 4.76. The number of hydrogen-bond acceptors (Lipinski definition) is 4. The maximum Gasteiger partial charge on any atom is 0.350 e. The monoisotopic (exact) mass is 340 g/mol. The van der Waals surface area contributed by atoms with Crippen molar-refractivity contribution in [2.45, 2.75) is 24.9 Å². The summed E-state index contributed by atoms with van der Waals surface area (Å²) >= 11 is 1.90. The van der Waals surface area contributed by atoms with Gasteiger partial charge in [0.15, 0.2) is 6.23 Å².